The molecule has 0 spiro atoms. The third kappa shape index (κ3) is 22.4. The monoisotopic (exact) mass is 926 g/mol. The number of carboxylic acids is 2. The Labute approximate surface area is 373 Å². The number of carbonyl (C=O) groups is 9. The lowest BCUT2D eigenvalue weighted by Crippen LogP contribution is -2.60. The number of rotatable bonds is 30. The number of thiol groups is 2. The molecule has 0 saturated heterocycles. The van der Waals surface area contributed by atoms with E-state index < -0.39 is 115 Å². The number of guanidine groups is 2. The summed E-state index contributed by atoms with van der Waals surface area (Å²) in [5.41, 5.74) is 33.3. The lowest BCUT2D eigenvalue weighted by molar-refractivity contribution is -0.143. The van der Waals surface area contributed by atoms with Crippen LogP contribution < -0.4 is 66.3 Å². The van der Waals surface area contributed by atoms with Crippen LogP contribution in [0.2, 0.25) is 0 Å². The van der Waals surface area contributed by atoms with Crippen LogP contribution in [-0.2, 0) is 49.6 Å². The second-order valence-electron chi connectivity index (χ2n) is 13.9. The van der Waals surface area contributed by atoms with Crippen LogP contribution >= 0.6 is 25.3 Å². The summed E-state index contributed by atoms with van der Waals surface area (Å²) in [6.45, 7) is 0.112. The number of nitrogens with one attached hydrogen (secondary N) is 6. The lowest BCUT2D eigenvalue weighted by atomic mass is 10.0. The first kappa shape index (κ1) is 54.7. The Morgan fingerprint density at radius 3 is 1.40 bits per heavy atom. The third-order valence-corrected chi connectivity index (χ3v) is 9.49. The first-order valence-corrected chi connectivity index (χ1v) is 20.6. The number of hydrogen-bond donors (Lipinski definition) is 16. The average molecular weight is 927 g/mol. The fourth-order valence-electron chi connectivity index (χ4n) is 5.45. The second kappa shape index (κ2) is 29.0. The maximum Gasteiger partial charge on any atom is 0.327 e. The van der Waals surface area contributed by atoms with Crippen molar-refractivity contribution in [2.24, 2.45) is 44.4 Å². The van der Waals surface area contributed by atoms with Gasteiger partial charge >= 0.3 is 11.9 Å². The van der Waals surface area contributed by atoms with E-state index in [-0.39, 0.29) is 68.6 Å². The number of benzene rings is 1. The van der Waals surface area contributed by atoms with Crippen LogP contribution in [0.1, 0.15) is 50.5 Å². The topological polar surface area (TPSA) is 447 Å². The fourth-order valence-corrected chi connectivity index (χ4v) is 5.87. The molecule has 63 heavy (non-hydrogen) atoms. The Bertz CT molecular complexity index is 1800. The Morgan fingerprint density at radius 2 is 0.968 bits per heavy atom. The molecule has 1 aromatic carbocycles. The van der Waals surface area contributed by atoms with Gasteiger partial charge in [-0.1, -0.05) is 30.3 Å². The van der Waals surface area contributed by atoms with E-state index >= 15 is 0 Å². The first-order chi connectivity index (χ1) is 29.7. The predicted molar refractivity (Wildman–Crippen MR) is 236 cm³/mol. The number of nitrogens with zero attached hydrogens (tertiary/aromatic N) is 2. The van der Waals surface area contributed by atoms with Gasteiger partial charge in [0.15, 0.2) is 11.9 Å². The van der Waals surface area contributed by atoms with E-state index in [0.29, 0.717) is 5.56 Å². The van der Waals surface area contributed by atoms with Crippen LogP contribution in [0, 0.1) is 0 Å². The number of nitrogens with two attached hydrogens (primary N) is 6. The minimum atomic E-state index is -1.86. The summed E-state index contributed by atoms with van der Waals surface area (Å²) < 4.78 is 0. The van der Waals surface area contributed by atoms with E-state index in [2.05, 4.69) is 67.1 Å². The number of hydrogen-bond acceptors (Lipinski definition) is 14. The summed E-state index contributed by atoms with van der Waals surface area (Å²) in [7, 11) is 0. The Kier molecular flexibility index (Phi) is 25.2. The summed E-state index contributed by atoms with van der Waals surface area (Å²) in [4.78, 5) is 124. The van der Waals surface area contributed by atoms with Gasteiger partial charge in [0, 0.05) is 37.4 Å². The molecule has 0 saturated carbocycles. The van der Waals surface area contributed by atoms with E-state index in [1.165, 1.54) is 0 Å². The van der Waals surface area contributed by atoms with E-state index in [1.807, 2.05) is 0 Å². The molecule has 0 aliphatic carbocycles. The molecule has 0 bridgehead atoms. The van der Waals surface area contributed by atoms with E-state index in [1.54, 1.807) is 30.3 Å². The molecule has 0 unspecified atom stereocenters. The summed E-state index contributed by atoms with van der Waals surface area (Å²) >= 11 is 7.88. The number of aliphatic carboxylic acids is 2. The SMILES string of the molecule is NC(=O)CC[C@H](NC(=O)[C@H](Cc1ccccc1)NC(=O)[C@H](CCCN=C(N)N)NC(=O)[C@H](CCCN=C(N)N)NC(=O)[C@@H](N)CS)C(=O)N[C@@H](CC(=O)O)C(=O)N[C@@H](CS)C(=O)O. The van der Waals surface area contributed by atoms with Gasteiger partial charge in [0.1, 0.15) is 36.3 Å². The van der Waals surface area contributed by atoms with Crippen molar-refractivity contribution >= 4 is 90.5 Å². The number of primary amides is 1. The maximum absolute atomic E-state index is 14.1. The smallest absolute Gasteiger partial charge is 0.327 e. The van der Waals surface area contributed by atoms with Gasteiger partial charge in [-0.05, 0) is 37.7 Å². The van der Waals surface area contributed by atoms with Crippen LogP contribution in [0.4, 0.5) is 0 Å². The zero-order chi connectivity index (χ0) is 47.6. The molecule has 25 nitrogen and oxygen atoms in total. The molecule has 0 heterocycles. The molecule has 0 aromatic heterocycles. The van der Waals surface area contributed by atoms with Crippen LogP contribution in [-0.4, -0.2) is 142 Å². The summed E-state index contributed by atoms with van der Waals surface area (Å²) in [5, 5.41) is 33.1. The Morgan fingerprint density at radius 1 is 0.556 bits per heavy atom. The highest BCUT2D eigenvalue weighted by Gasteiger charge is 2.34. The molecule has 1 rings (SSSR count). The molecule has 0 radical (unpaired) electrons. The van der Waals surface area contributed by atoms with Gasteiger partial charge in [0.05, 0.1) is 12.5 Å². The Hall–Kier alpha value is -6.35. The van der Waals surface area contributed by atoms with Gasteiger partial charge in [-0.2, -0.15) is 25.3 Å². The van der Waals surface area contributed by atoms with Crippen molar-refractivity contribution in [3.8, 4) is 0 Å². The number of amides is 7. The number of carbonyl (C=O) groups excluding carboxylic acids is 7. The number of aliphatic imine (C=N–C) groups is 2. The highest BCUT2D eigenvalue weighted by molar-refractivity contribution is 7.80. The van der Waals surface area contributed by atoms with Gasteiger partial charge in [-0.3, -0.25) is 48.3 Å². The van der Waals surface area contributed by atoms with Gasteiger partial charge in [0.25, 0.3) is 0 Å². The van der Waals surface area contributed by atoms with Gasteiger partial charge in [0.2, 0.25) is 41.4 Å². The molecule has 350 valence electrons. The molecule has 1 aromatic rings. The minimum absolute atomic E-state index is 0.00586. The highest BCUT2D eigenvalue weighted by Crippen LogP contribution is 2.10. The van der Waals surface area contributed by atoms with Crippen LogP contribution in [0.15, 0.2) is 40.3 Å². The van der Waals surface area contributed by atoms with Crippen molar-refractivity contribution < 1.29 is 53.4 Å². The summed E-state index contributed by atoms with van der Waals surface area (Å²) in [6.07, 6.45) is -1.95. The van der Waals surface area contributed by atoms with E-state index in [9.17, 15) is 53.4 Å². The zero-order valence-electron chi connectivity index (χ0n) is 34.2. The molecule has 27 heteroatoms. The van der Waals surface area contributed by atoms with Crippen molar-refractivity contribution in [1.29, 1.82) is 0 Å². The largest absolute Gasteiger partial charge is 0.481 e. The van der Waals surface area contributed by atoms with Gasteiger partial charge in [-0.15, -0.1) is 0 Å². The van der Waals surface area contributed by atoms with Gasteiger partial charge < -0.3 is 76.5 Å². The van der Waals surface area contributed by atoms with Crippen LogP contribution in [0.25, 0.3) is 0 Å². The fraction of sp³-hybridized carbons (Fsp3) is 0.528. The molecule has 0 fully saturated rings. The zero-order valence-corrected chi connectivity index (χ0v) is 36.0. The molecule has 0 aliphatic heterocycles. The quantitative estimate of drug-likeness (QED) is 0.0148. The van der Waals surface area contributed by atoms with Gasteiger partial charge in [-0.25, -0.2) is 4.79 Å². The van der Waals surface area contributed by atoms with Crippen LogP contribution in [0.3, 0.4) is 0 Å². The van der Waals surface area contributed by atoms with Crippen molar-refractivity contribution in [2.75, 3.05) is 24.6 Å². The molecule has 7 amide bonds. The maximum atomic E-state index is 14.1. The molecule has 20 N–H and O–H groups in total. The third-order valence-electron chi connectivity index (χ3n) is 8.73. The van der Waals surface area contributed by atoms with E-state index in [0.717, 1.165) is 0 Å². The lowest BCUT2D eigenvalue weighted by Gasteiger charge is -2.27. The van der Waals surface area contributed by atoms with Crippen LogP contribution in [0.5, 0.6) is 0 Å². The second-order valence-corrected chi connectivity index (χ2v) is 14.6. The van der Waals surface area contributed by atoms with Crippen molar-refractivity contribution in [2.45, 2.75) is 93.7 Å². The molecular formula is C36H58N14O11S2. The van der Waals surface area contributed by atoms with E-state index in [4.69, 9.17) is 34.4 Å². The highest BCUT2D eigenvalue weighted by atomic mass is 32.1. The molecule has 7 atom stereocenters. The summed E-state index contributed by atoms with van der Waals surface area (Å²) in [6, 6.07) is -2.07. The molecule has 0 aliphatic rings. The normalized spacial score (nSPS) is 14.0. The number of carboxylic acid groups (broad SMARTS) is 2. The minimum Gasteiger partial charge on any atom is -0.481 e. The first-order valence-electron chi connectivity index (χ1n) is 19.4. The standard InChI is InChI=1S/C36H58N14O11S2/c37-19(16-62)28(54)45-20(8-4-12-43-35(39)40)29(55)46-21(9-5-13-44-36(41)42)30(56)48-23(14-18-6-2-1-3-7-18)32(58)47-22(10-11-26(38)51)31(57)49-24(15-27(52)53)33(59)50-25(17-63)34(60)61/h1-3,6-7,19-25,62-63H,4-5,8-17,37H2,(H2,38,51)(H,45,54)(H,46,55)(H,47,58)(H,48,56)(H,49,57)(H,50,59)(H,52,53)(H,60,61)(H4,39,40,43)(H4,41,42,44)/t19-,20-,21-,22-,23-,24-,25-/m0/s1. The summed E-state index contributed by atoms with van der Waals surface area (Å²) in [5.74, 6) is -10.6. The van der Waals surface area contributed by atoms with Crippen molar-refractivity contribution in [1.82, 2.24) is 31.9 Å². The molecular weight excluding hydrogens is 869 g/mol. The predicted octanol–water partition coefficient (Wildman–Crippen LogP) is -5.74. The van der Waals surface area contributed by atoms with Crippen molar-refractivity contribution in [3.63, 3.8) is 0 Å². The average Bonchev–Trinajstić information content (AvgIpc) is 3.21. The van der Waals surface area contributed by atoms with Crippen molar-refractivity contribution in [3.05, 3.63) is 35.9 Å². The Balaban J connectivity index is 3.59.